The van der Waals surface area contributed by atoms with Gasteiger partial charge < -0.3 is 16.4 Å². The first-order chi connectivity index (χ1) is 13.7. The van der Waals surface area contributed by atoms with Crippen LogP contribution in [0.5, 0.6) is 0 Å². The molecule has 0 aliphatic carbocycles. The second-order valence-corrected chi connectivity index (χ2v) is 6.28. The van der Waals surface area contributed by atoms with E-state index in [1.165, 1.54) is 5.56 Å². The third kappa shape index (κ3) is 6.60. The van der Waals surface area contributed by atoms with Gasteiger partial charge >= 0.3 is 0 Å². The lowest BCUT2D eigenvalue weighted by atomic mass is 10.1. The zero-order valence-electron chi connectivity index (χ0n) is 16.2. The smallest absolute Gasteiger partial charge is 0.248 e. The summed E-state index contributed by atoms with van der Waals surface area (Å²) in [5.41, 5.74) is 9.06. The Morgan fingerprint density at radius 3 is 2.55 bits per heavy atom. The molecule has 0 aliphatic rings. The van der Waals surface area contributed by atoms with Gasteiger partial charge in [-0.15, -0.1) is 24.0 Å². The fourth-order valence-corrected chi connectivity index (χ4v) is 2.80. The van der Waals surface area contributed by atoms with Crippen LogP contribution in [0.2, 0.25) is 0 Å². The van der Waals surface area contributed by atoms with E-state index in [0.29, 0.717) is 18.1 Å². The summed E-state index contributed by atoms with van der Waals surface area (Å²) in [6.45, 7) is 1.31. The highest BCUT2D eigenvalue weighted by molar-refractivity contribution is 14.0. The van der Waals surface area contributed by atoms with Crippen LogP contribution in [-0.4, -0.2) is 35.2 Å². The van der Waals surface area contributed by atoms with Gasteiger partial charge in [0.05, 0.1) is 5.69 Å². The van der Waals surface area contributed by atoms with E-state index in [1.807, 2.05) is 29.1 Å². The standard InChI is InChI=1S/C21H24N6O.HI/c1-23-21(25-15-17-4-2-5-18(14-17)20(22)28)24-12-10-16-6-8-19(9-7-16)27-13-3-11-26-27;/h2-9,11,13-14H,10,12,15H2,1H3,(H2,22,28)(H2,23,24,25);1H. The van der Waals surface area contributed by atoms with E-state index < -0.39 is 5.91 Å². The molecule has 3 rings (SSSR count). The van der Waals surface area contributed by atoms with Gasteiger partial charge in [-0.05, 0) is 47.9 Å². The van der Waals surface area contributed by atoms with Crippen molar-refractivity contribution < 1.29 is 4.79 Å². The molecule has 0 aliphatic heterocycles. The van der Waals surface area contributed by atoms with Gasteiger partial charge in [0.25, 0.3) is 0 Å². The number of carbonyl (C=O) groups excluding carboxylic acids is 1. The second-order valence-electron chi connectivity index (χ2n) is 6.28. The summed E-state index contributed by atoms with van der Waals surface area (Å²) < 4.78 is 1.83. The maximum Gasteiger partial charge on any atom is 0.248 e. The number of nitrogens with zero attached hydrogens (tertiary/aromatic N) is 3. The SMILES string of the molecule is CN=C(NCCc1ccc(-n2cccn2)cc1)NCc1cccc(C(N)=O)c1.I. The summed E-state index contributed by atoms with van der Waals surface area (Å²) in [5, 5.41) is 10.8. The van der Waals surface area contributed by atoms with E-state index in [1.54, 1.807) is 25.4 Å². The minimum atomic E-state index is -0.428. The maximum atomic E-state index is 11.3. The van der Waals surface area contributed by atoms with Crippen molar-refractivity contribution in [3.8, 4) is 5.69 Å². The van der Waals surface area contributed by atoms with Crippen molar-refractivity contribution in [3.05, 3.63) is 83.7 Å². The summed E-state index contributed by atoms with van der Waals surface area (Å²) in [6.07, 6.45) is 4.56. The van der Waals surface area contributed by atoms with Crippen LogP contribution in [0, 0.1) is 0 Å². The number of nitrogens with two attached hydrogens (primary N) is 1. The summed E-state index contributed by atoms with van der Waals surface area (Å²) in [5.74, 6) is 0.278. The molecule has 0 bridgehead atoms. The lowest BCUT2D eigenvalue weighted by Crippen LogP contribution is -2.37. The number of carbonyl (C=O) groups is 1. The molecule has 0 fully saturated rings. The van der Waals surface area contributed by atoms with Crippen molar-refractivity contribution in [3.63, 3.8) is 0 Å². The number of benzene rings is 2. The molecular formula is C21H25IN6O. The Balaban J connectivity index is 0.00000300. The Labute approximate surface area is 187 Å². The molecule has 1 heterocycles. The molecule has 0 atom stereocenters. The molecule has 8 heteroatoms. The van der Waals surface area contributed by atoms with Crippen molar-refractivity contribution in [2.45, 2.75) is 13.0 Å². The lowest BCUT2D eigenvalue weighted by molar-refractivity contribution is 0.1000. The molecule has 0 unspecified atom stereocenters. The van der Waals surface area contributed by atoms with Gasteiger partial charge in [-0.3, -0.25) is 9.79 Å². The van der Waals surface area contributed by atoms with Crippen LogP contribution in [0.4, 0.5) is 0 Å². The van der Waals surface area contributed by atoms with Crippen LogP contribution in [0.1, 0.15) is 21.5 Å². The highest BCUT2D eigenvalue weighted by atomic mass is 127. The van der Waals surface area contributed by atoms with Gasteiger partial charge in [-0.1, -0.05) is 24.3 Å². The first kappa shape index (κ1) is 22.4. The van der Waals surface area contributed by atoms with E-state index >= 15 is 0 Å². The number of hydrogen-bond donors (Lipinski definition) is 3. The van der Waals surface area contributed by atoms with Crippen molar-refractivity contribution in [2.75, 3.05) is 13.6 Å². The van der Waals surface area contributed by atoms with Gasteiger partial charge in [0.15, 0.2) is 5.96 Å². The molecule has 0 saturated carbocycles. The van der Waals surface area contributed by atoms with Crippen LogP contribution in [0.3, 0.4) is 0 Å². The number of primary amides is 1. The van der Waals surface area contributed by atoms with Gasteiger partial charge in [0.1, 0.15) is 0 Å². The minimum absolute atomic E-state index is 0. The normalized spacial score (nSPS) is 10.9. The molecule has 2 aromatic carbocycles. The van der Waals surface area contributed by atoms with Crippen LogP contribution in [0.25, 0.3) is 5.69 Å². The van der Waals surface area contributed by atoms with Gasteiger partial charge in [0.2, 0.25) is 5.91 Å². The summed E-state index contributed by atoms with van der Waals surface area (Å²) in [6, 6.07) is 17.5. The van der Waals surface area contributed by atoms with Crippen LogP contribution in [0.15, 0.2) is 72.0 Å². The molecule has 1 aromatic heterocycles. The van der Waals surface area contributed by atoms with Crippen molar-refractivity contribution in [1.29, 1.82) is 0 Å². The number of hydrogen-bond acceptors (Lipinski definition) is 3. The van der Waals surface area contributed by atoms with E-state index in [-0.39, 0.29) is 24.0 Å². The van der Waals surface area contributed by atoms with E-state index in [9.17, 15) is 4.79 Å². The number of guanidine groups is 1. The number of aliphatic imine (C=N–C) groups is 1. The minimum Gasteiger partial charge on any atom is -0.366 e. The third-order valence-corrected chi connectivity index (χ3v) is 4.31. The summed E-state index contributed by atoms with van der Waals surface area (Å²) in [7, 11) is 1.73. The van der Waals surface area contributed by atoms with Crippen LogP contribution in [-0.2, 0) is 13.0 Å². The molecule has 3 aromatic rings. The first-order valence-corrected chi connectivity index (χ1v) is 9.08. The zero-order valence-corrected chi connectivity index (χ0v) is 18.5. The quantitative estimate of drug-likeness (QED) is 0.262. The van der Waals surface area contributed by atoms with E-state index in [4.69, 9.17) is 5.73 Å². The Bertz CT molecular complexity index is 938. The fraction of sp³-hybridized carbons (Fsp3) is 0.190. The number of halogens is 1. The van der Waals surface area contributed by atoms with Gasteiger partial charge in [0, 0.05) is 38.1 Å². The molecular weight excluding hydrogens is 479 g/mol. The maximum absolute atomic E-state index is 11.3. The Hall–Kier alpha value is -2.88. The molecule has 0 saturated heterocycles. The predicted octanol–water partition coefficient (Wildman–Crippen LogP) is 2.50. The molecule has 29 heavy (non-hydrogen) atoms. The van der Waals surface area contributed by atoms with Gasteiger partial charge in [-0.25, -0.2) is 4.68 Å². The molecule has 0 spiro atoms. The Morgan fingerprint density at radius 1 is 1.10 bits per heavy atom. The molecule has 1 amide bonds. The van der Waals surface area contributed by atoms with Gasteiger partial charge in [-0.2, -0.15) is 5.10 Å². The molecule has 152 valence electrons. The third-order valence-electron chi connectivity index (χ3n) is 4.31. The van der Waals surface area contributed by atoms with Crippen LogP contribution >= 0.6 is 24.0 Å². The molecule has 0 radical (unpaired) electrons. The number of nitrogens with one attached hydrogen (secondary N) is 2. The van der Waals surface area contributed by atoms with E-state index in [0.717, 1.165) is 24.2 Å². The predicted molar refractivity (Wildman–Crippen MR) is 126 cm³/mol. The zero-order chi connectivity index (χ0) is 19.8. The second kappa shape index (κ2) is 11.2. The molecule has 7 nitrogen and oxygen atoms in total. The highest BCUT2D eigenvalue weighted by Gasteiger charge is 2.03. The number of aromatic nitrogens is 2. The Kier molecular flexibility index (Phi) is 8.66. The number of amides is 1. The first-order valence-electron chi connectivity index (χ1n) is 9.08. The van der Waals surface area contributed by atoms with Crippen molar-refractivity contribution in [2.24, 2.45) is 10.7 Å². The monoisotopic (exact) mass is 504 g/mol. The molecule has 4 N–H and O–H groups in total. The summed E-state index contributed by atoms with van der Waals surface area (Å²) >= 11 is 0. The highest BCUT2D eigenvalue weighted by Crippen LogP contribution is 2.09. The largest absolute Gasteiger partial charge is 0.366 e. The van der Waals surface area contributed by atoms with Crippen molar-refractivity contribution >= 4 is 35.8 Å². The van der Waals surface area contributed by atoms with Crippen LogP contribution < -0.4 is 16.4 Å². The Morgan fingerprint density at radius 2 is 1.90 bits per heavy atom. The summed E-state index contributed by atoms with van der Waals surface area (Å²) in [4.78, 5) is 15.5. The average molecular weight is 504 g/mol. The lowest BCUT2D eigenvalue weighted by Gasteiger charge is -2.12. The topological polar surface area (TPSA) is 97.3 Å². The van der Waals surface area contributed by atoms with E-state index in [2.05, 4.69) is 45.0 Å². The number of rotatable bonds is 7. The average Bonchev–Trinajstić information content (AvgIpc) is 3.26. The fourth-order valence-electron chi connectivity index (χ4n) is 2.80. The van der Waals surface area contributed by atoms with Crippen molar-refractivity contribution in [1.82, 2.24) is 20.4 Å².